The van der Waals surface area contributed by atoms with Crippen molar-refractivity contribution in [2.24, 2.45) is 11.8 Å². The molecule has 1 amide bonds. The normalized spacial score (nSPS) is 23.4. The summed E-state index contributed by atoms with van der Waals surface area (Å²) in [6.07, 6.45) is 2.45. The van der Waals surface area contributed by atoms with Crippen molar-refractivity contribution in [3.63, 3.8) is 0 Å². The molecule has 1 heterocycles. The van der Waals surface area contributed by atoms with Gasteiger partial charge in [-0.25, -0.2) is 0 Å². The van der Waals surface area contributed by atoms with E-state index in [2.05, 4.69) is 37.3 Å². The number of rotatable bonds is 4. The maximum absolute atomic E-state index is 12.2. The molecule has 3 heteroatoms. The Kier molecular flexibility index (Phi) is 5.38. The van der Waals surface area contributed by atoms with Crippen LogP contribution in [-0.2, 0) is 4.79 Å². The van der Waals surface area contributed by atoms with E-state index in [-0.39, 0.29) is 11.8 Å². The highest BCUT2D eigenvalue weighted by molar-refractivity contribution is 5.76. The van der Waals surface area contributed by atoms with E-state index in [1.165, 1.54) is 5.56 Å². The van der Waals surface area contributed by atoms with Crippen LogP contribution in [0.25, 0.3) is 0 Å². The van der Waals surface area contributed by atoms with Gasteiger partial charge < -0.3 is 4.90 Å². The molecular weight excluding hydrogens is 260 g/mol. The van der Waals surface area contributed by atoms with Gasteiger partial charge in [0.05, 0.1) is 12.0 Å². The van der Waals surface area contributed by atoms with E-state index >= 15 is 0 Å². The lowest BCUT2D eigenvalue weighted by Crippen LogP contribution is -2.43. The minimum absolute atomic E-state index is 0.133. The summed E-state index contributed by atoms with van der Waals surface area (Å²) in [4.78, 5) is 14.2. The van der Waals surface area contributed by atoms with Crippen LogP contribution in [0.15, 0.2) is 30.3 Å². The molecule has 1 saturated heterocycles. The van der Waals surface area contributed by atoms with Crippen LogP contribution in [0.1, 0.15) is 44.6 Å². The van der Waals surface area contributed by atoms with E-state index in [1.54, 1.807) is 0 Å². The Labute approximate surface area is 127 Å². The molecule has 0 spiro atoms. The summed E-state index contributed by atoms with van der Waals surface area (Å²) in [6.45, 7) is 5.65. The average molecular weight is 284 g/mol. The highest BCUT2D eigenvalue weighted by atomic mass is 16.2. The van der Waals surface area contributed by atoms with Gasteiger partial charge in [-0.05, 0) is 30.7 Å². The number of likely N-dealkylation sites (tertiary alicyclic amines) is 1. The van der Waals surface area contributed by atoms with E-state index in [4.69, 9.17) is 5.26 Å². The number of hydrogen-bond donors (Lipinski definition) is 0. The van der Waals surface area contributed by atoms with Crippen LogP contribution in [0.2, 0.25) is 0 Å². The number of benzene rings is 1. The van der Waals surface area contributed by atoms with Crippen molar-refractivity contribution in [3.8, 4) is 6.07 Å². The highest BCUT2D eigenvalue weighted by Crippen LogP contribution is 2.35. The molecule has 1 aromatic rings. The predicted molar refractivity (Wildman–Crippen MR) is 83.6 cm³/mol. The quantitative estimate of drug-likeness (QED) is 0.848. The number of hydrogen-bond acceptors (Lipinski definition) is 2. The lowest BCUT2D eigenvalue weighted by molar-refractivity contribution is -0.133. The van der Waals surface area contributed by atoms with Crippen LogP contribution in [0, 0.1) is 23.2 Å². The van der Waals surface area contributed by atoms with Gasteiger partial charge >= 0.3 is 0 Å². The van der Waals surface area contributed by atoms with E-state index in [1.807, 2.05) is 17.9 Å². The Balaban J connectivity index is 2.02. The van der Waals surface area contributed by atoms with Gasteiger partial charge in [-0.3, -0.25) is 4.79 Å². The molecule has 0 saturated carbocycles. The van der Waals surface area contributed by atoms with Crippen molar-refractivity contribution in [2.75, 3.05) is 13.1 Å². The van der Waals surface area contributed by atoms with Crippen molar-refractivity contribution in [1.29, 1.82) is 5.26 Å². The summed E-state index contributed by atoms with van der Waals surface area (Å²) in [5, 5.41) is 8.85. The van der Waals surface area contributed by atoms with E-state index in [0.717, 1.165) is 25.9 Å². The molecule has 3 atom stereocenters. The molecule has 0 radical (unpaired) electrons. The Hall–Kier alpha value is -1.82. The first-order valence-corrected chi connectivity index (χ1v) is 7.88. The minimum atomic E-state index is -0.190. The third-order valence-electron chi connectivity index (χ3n) is 4.54. The molecular formula is C18H24N2O. The Morgan fingerprint density at radius 1 is 1.43 bits per heavy atom. The number of piperidine rings is 1. The second-order valence-electron chi connectivity index (χ2n) is 6.05. The number of carbonyl (C=O) groups excluding carboxylic acids is 1. The topological polar surface area (TPSA) is 44.1 Å². The summed E-state index contributed by atoms with van der Waals surface area (Å²) >= 11 is 0. The summed E-state index contributed by atoms with van der Waals surface area (Å²) in [5.74, 6) is 1.01. The summed E-state index contributed by atoms with van der Waals surface area (Å²) in [5.41, 5.74) is 1.39. The zero-order valence-electron chi connectivity index (χ0n) is 13.0. The molecule has 3 nitrogen and oxygen atoms in total. The van der Waals surface area contributed by atoms with Crippen molar-refractivity contribution < 1.29 is 4.79 Å². The van der Waals surface area contributed by atoms with Gasteiger partial charge in [0.2, 0.25) is 5.91 Å². The fourth-order valence-electron chi connectivity index (χ4n) is 3.25. The second-order valence-corrected chi connectivity index (χ2v) is 6.05. The van der Waals surface area contributed by atoms with Crippen LogP contribution in [-0.4, -0.2) is 23.9 Å². The first kappa shape index (κ1) is 15.6. The predicted octanol–water partition coefficient (Wildman–Crippen LogP) is 3.58. The third-order valence-corrected chi connectivity index (χ3v) is 4.54. The second kappa shape index (κ2) is 7.26. The number of carbonyl (C=O) groups is 1. The molecule has 1 aliphatic heterocycles. The van der Waals surface area contributed by atoms with Gasteiger partial charge in [0.15, 0.2) is 0 Å². The lowest BCUT2D eigenvalue weighted by atomic mass is 9.79. The molecule has 1 aromatic carbocycles. The van der Waals surface area contributed by atoms with E-state index in [0.29, 0.717) is 18.3 Å². The van der Waals surface area contributed by atoms with Crippen LogP contribution >= 0.6 is 0 Å². The molecule has 21 heavy (non-hydrogen) atoms. The Morgan fingerprint density at radius 3 is 2.76 bits per heavy atom. The van der Waals surface area contributed by atoms with Crippen LogP contribution in [0.5, 0.6) is 0 Å². The lowest BCUT2D eigenvalue weighted by Gasteiger charge is -2.39. The maximum atomic E-state index is 12.2. The van der Waals surface area contributed by atoms with Gasteiger partial charge in [-0.2, -0.15) is 5.26 Å². The summed E-state index contributed by atoms with van der Waals surface area (Å²) in [6, 6.07) is 12.8. The zero-order valence-corrected chi connectivity index (χ0v) is 13.0. The fourth-order valence-corrected chi connectivity index (χ4v) is 3.25. The van der Waals surface area contributed by atoms with Crippen molar-refractivity contribution in [2.45, 2.75) is 39.0 Å². The zero-order chi connectivity index (χ0) is 15.2. The van der Waals surface area contributed by atoms with E-state index in [9.17, 15) is 4.79 Å². The SMILES string of the molecule is CC[C@@H]1CN(C(=O)C[C@@H](C)C#N)CC[C@H]1c1ccccc1. The molecule has 0 bridgehead atoms. The standard InChI is InChI=1S/C18H24N2O/c1-3-15-13-20(18(21)11-14(2)12-19)10-9-17(15)16-7-5-4-6-8-16/h4-8,14-15,17H,3,9-11,13H2,1-2H3/t14-,15-,17-/m1/s1. The van der Waals surface area contributed by atoms with Crippen LogP contribution in [0.4, 0.5) is 0 Å². The van der Waals surface area contributed by atoms with Gasteiger partial charge in [0.25, 0.3) is 0 Å². The Bertz CT molecular complexity index is 506. The fraction of sp³-hybridized carbons (Fsp3) is 0.556. The van der Waals surface area contributed by atoms with Crippen LogP contribution < -0.4 is 0 Å². The monoisotopic (exact) mass is 284 g/mol. The molecule has 1 fully saturated rings. The van der Waals surface area contributed by atoms with Crippen molar-refractivity contribution in [1.82, 2.24) is 4.90 Å². The van der Waals surface area contributed by atoms with Gasteiger partial charge in [0, 0.05) is 19.5 Å². The molecule has 1 aliphatic rings. The molecule has 0 N–H and O–H groups in total. The number of nitriles is 1. The largest absolute Gasteiger partial charge is 0.342 e. The Morgan fingerprint density at radius 2 is 2.14 bits per heavy atom. The maximum Gasteiger partial charge on any atom is 0.223 e. The van der Waals surface area contributed by atoms with Crippen LogP contribution in [0.3, 0.4) is 0 Å². The minimum Gasteiger partial charge on any atom is -0.342 e. The molecule has 2 rings (SSSR count). The highest BCUT2D eigenvalue weighted by Gasteiger charge is 2.31. The van der Waals surface area contributed by atoms with Crippen molar-refractivity contribution in [3.05, 3.63) is 35.9 Å². The number of nitrogens with zero attached hydrogens (tertiary/aromatic N) is 2. The molecule has 0 aromatic heterocycles. The molecule has 0 unspecified atom stereocenters. The third kappa shape index (κ3) is 3.85. The average Bonchev–Trinajstić information content (AvgIpc) is 2.54. The first-order valence-electron chi connectivity index (χ1n) is 7.88. The molecule has 112 valence electrons. The molecule has 0 aliphatic carbocycles. The van der Waals surface area contributed by atoms with Crippen molar-refractivity contribution >= 4 is 5.91 Å². The van der Waals surface area contributed by atoms with Gasteiger partial charge in [0.1, 0.15) is 0 Å². The smallest absolute Gasteiger partial charge is 0.223 e. The van der Waals surface area contributed by atoms with E-state index < -0.39 is 0 Å². The summed E-state index contributed by atoms with van der Waals surface area (Å²) in [7, 11) is 0. The van der Waals surface area contributed by atoms with Gasteiger partial charge in [-0.1, -0.05) is 43.7 Å². The first-order chi connectivity index (χ1) is 10.2. The number of amides is 1. The summed E-state index contributed by atoms with van der Waals surface area (Å²) < 4.78 is 0. The van der Waals surface area contributed by atoms with Gasteiger partial charge in [-0.15, -0.1) is 0 Å².